The van der Waals surface area contributed by atoms with E-state index in [0.29, 0.717) is 66.8 Å². The Morgan fingerprint density at radius 1 is 1.12 bits per heavy atom. The molecule has 0 aliphatic carbocycles. The number of aromatic nitrogens is 3. The number of hydrogen-bond acceptors (Lipinski definition) is 6. The van der Waals surface area contributed by atoms with Crippen LogP contribution in [0, 0.1) is 11.6 Å². The Bertz CT molecular complexity index is 1670. The van der Waals surface area contributed by atoms with Crippen LogP contribution in [-0.4, -0.2) is 49.8 Å². The number of nitrogens with zero attached hydrogens (tertiary/aromatic N) is 4. The lowest BCUT2D eigenvalue weighted by Crippen LogP contribution is -2.34. The van der Waals surface area contributed by atoms with Gasteiger partial charge in [0.2, 0.25) is 5.88 Å². The first-order valence-corrected chi connectivity index (χ1v) is 13.3. The van der Waals surface area contributed by atoms with Crippen LogP contribution in [-0.2, 0) is 43.6 Å². The normalized spacial score (nSPS) is 17.2. The molecular formula is C29H25F5N4O4. The van der Waals surface area contributed by atoms with Crippen molar-refractivity contribution in [2.24, 2.45) is 0 Å². The lowest BCUT2D eigenvalue weighted by molar-refractivity contribution is -0.139. The number of benzene rings is 2. The number of pyridine rings is 1. The maximum Gasteiger partial charge on any atom is 0.421 e. The standard InChI is InChI=1S/C29H25F5N4O4/c30-19-3-1-18(22(31)11-19)15-42-27-21(29(32,33)34)9-16-5-7-37(13-24(16)36-27)14-26-35-23-4-2-17(28(39)40)10-25(23)38(26)12-20-6-8-41-20/h1-4,9-11,20H,5-8,12-15H2,(H,39,40)/t20-/m0/s1. The number of carboxylic acids is 1. The van der Waals surface area contributed by atoms with Crippen molar-refractivity contribution in [1.82, 2.24) is 19.4 Å². The predicted molar refractivity (Wildman–Crippen MR) is 139 cm³/mol. The van der Waals surface area contributed by atoms with Gasteiger partial charge in [-0.3, -0.25) is 4.90 Å². The Hall–Kier alpha value is -4.10. The number of hydrogen-bond donors (Lipinski definition) is 1. The summed E-state index contributed by atoms with van der Waals surface area (Å²) in [5, 5.41) is 9.47. The minimum absolute atomic E-state index is 0.0233. The minimum atomic E-state index is -4.75. The minimum Gasteiger partial charge on any atom is -0.478 e. The van der Waals surface area contributed by atoms with Crippen molar-refractivity contribution in [2.45, 2.75) is 51.4 Å². The molecule has 2 aromatic heterocycles. The zero-order valence-corrected chi connectivity index (χ0v) is 22.1. The van der Waals surface area contributed by atoms with Crippen LogP contribution in [0.5, 0.6) is 5.88 Å². The molecule has 42 heavy (non-hydrogen) atoms. The zero-order valence-electron chi connectivity index (χ0n) is 22.1. The molecule has 0 bridgehead atoms. The number of carboxylic acid groups (broad SMARTS) is 1. The first-order valence-electron chi connectivity index (χ1n) is 13.3. The molecule has 0 radical (unpaired) electrons. The Kier molecular flexibility index (Phi) is 7.31. The maximum atomic E-state index is 14.1. The quantitative estimate of drug-likeness (QED) is 0.278. The van der Waals surface area contributed by atoms with Gasteiger partial charge in [0.1, 0.15) is 29.6 Å². The molecular weight excluding hydrogens is 563 g/mol. The molecule has 220 valence electrons. The van der Waals surface area contributed by atoms with E-state index in [4.69, 9.17) is 14.5 Å². The van der Waals surface area contributed by atoms with Gasteiger partial charge in [-0.1, -0.05) is 0 Å². The van der Waals surface area contributed by atoms with Crippen LogP contribution >= 0.6 is 0 Å². The van der Waals surface area contributed by atoms with E-state index < -0.39 is 41.8 Å². The molecule has 6 rings (SSSR count). The van der Waals surface area contributed by atoms with E-state index in [1.807, 2.05) is 9.47 Å². The summed E-state index contributed by atoms with van der Waals surface area (Å²) in [5.41, 5.74) is 1.08. The first kappa shape index (κ1) is 28.0. The number of fused-ring (bicyclic) bond motifs is 2. The molecule has 0 saturated carbocycles. The van der Waals surface area contributed by atoms with Crippen LogP contribution in [0.25, 0.3) is 11.0 Å². The van der Waals surface area contributed by atoms with E-state index in [0.717, 1.165) is 24.6 Å². The summed E-state index contributed by atoms with van der Waals surface area (Å²) < 4.78 is 81.9. The predicted octanol–water partition coefficient (Wildman–Crippen LogP) is 5.35. The highest BCUT2D eigenvalue weighted by Gasteiger charge is 2.37. The van der Waals surface area contributed by atoms with Crippen LogP contribution in [0.2, 0.25) is 0 Å². The molecule has 1 atom stereocenters. The Morgan fingerprint density at radius 2 is 1.93 bits per heavy atom. The van der Waals surface area contributed by atoms with Crippen LogP contribution < -0.4 is 4.74 Å². The van der Waals surface area contributed by atoms with Crippen molar-refractivity contribution in [3.05, 3.63) is 87.9 Å². The van der Waals surface area contributed by atoms with E-state index in [-0.39, 0.29) is 23.8 Å². The van der Waals surface area contributed by atoms with E-state index in [1.54, 1.807) is 12.1 Å². The smallest absolute Gasteiger partial charge is 0.421 e. The highest BCUT2D eigenvalue weighted by atomic mass is 19.4. The van der Waals surface area contributed by atoms with Crippen molar-refractivity contribution >= 4 is 17.0 Å². The molecule has 8 nitrogen and oxygen atoms in total. The summed E-state index contributed by atoms with van der Waals surface area (Å²) in [5.74, 6) is -2.80. The molecule has 1 N–H and O–H groups in total. The molecule has 13 heteroatoms. The molecule has 2 aliphatic heterocycles. The van der Waals surface area contributed by atoms with Crippen molar-refractivity contribution < 1.29 is 41.3 Å². The molecule has 1 fully saturated rings. The number of halogens is 5. The Labute approximate surface area is 236 Å². The van der Waals surface area contributed by atoms with E-state index in [1.165, 1.54) is 6.07 Å². The van der Waals surface area contributed by atoms with Gasteiger partial charge >= 0.3 is 12.1 Å². The molecule has 0 spiro atoms. The Morgan fingerprint density at radius 3 is 2.62 bits per heavy atom. The molecule has 0 amide bonds. The third-order valence-electron chi connectivity index (χ3n) is 7.53. The molecule has 2 aliphatic rings. The summed E-state index contributed by atoms with van der Waals surface area (Å²) >= 11 is 0. The lowest BCUT2D eigenvalue weighted by atomic mass is 10.0. The average molecular weight is 589 g/mol. The molecule has 1 saturated heterocycles. The summed E-state index contributed by atoms with van der Waals surface area (Å²) in [4.78, 5) is 22.5. The van der Waals surface area contributed by atoms with Gasteiger partial charge in [0.05, 0.1) is 41.5 Å². The van der Waals surface area contributed by atoms with Gasteiger partial charge < -0.3 is 19.1 Å². The van der Waals surface area contributed by atoms with Gasteiger partial charge in [-0.15, -0.1) is 0 Å². The number of alkyl halides is 3. The molecule has 4 heterocycles. The number of imidazole rings is 1. The second kappa shape index (κ2) is 11.0. The summed E-state index contributed by atoms with van der Waals surface area (Å²) in [7, 11) is 0. The fourth-order valence-electron chi connectivity index (χ4n) is 5.19. The van der Waals surface area contributed by atoms with Gasteiger partial charge in [-0.25, -0.2) is 23.5 Å². The summed E-state index contributed by atoms with van der Waals surface area (Å²) in [6.07, 6.45) is -3.61. The fourth-order valence-corrected chi connectivity index (χ4v) is 5.19. The van der Waals surface area contributed by atoms with Crippen LogP contribution in [0.15, 0.2) is 42.5 Å². The van der Waals surface area contributed by atoms with E-state index in [2.05, 4.69) is 4.98 Å². The van der Waals surface area contributed by atoms with Gasteiger partial charge in [-0.05, 0) is 54.8 Å². The number of aromatic carboxylic acids is 1. The highest BCUT2D eigenvalue weighted by molar-refractivity contribution is 5.92. The Balaban J connectivity index is 1.27. The van der Waals surface area contributed by atoms with E-state index in [9.17, 15) is 31.9 Å². The van der Waals surface area contributed by atoms with Crippen molar-refractivity contribution in [3.63, 3.8) is 0 Å². The first-order chi connectivity index (χ1) is 20.0. The SMILES string of the molecule is O=C(O)c1ccc2nc(CN3CCc4cc(C(F)(F)F)c(OCc5ccc(F)cc5F)nc4C3)n(C[C@@H]3CCO3)c2c1. The zero-order chi connectivity index (χ0) is 29.6. The van der Waals surface area contributed by atoms with Crippen molar-refractivity contribution in [3.8, 4) is 5.88 Å². The second-order valence-corrected chi connectivity index (χ2v) is 10.4. The van der Waals surface area contributed by atoms with E-state index >= 15 is 0 Å². The average Bonchev–Trinajstić information content (AvgIpc) is 3.24. The maximum absolute atomic E-state index is 14.1. The molecule has 4 aromatic rings. The van der Waals surface area contributed by atoms with Crippen molar-refractivity contribution in [1.29, 1.82) is 0 Å². The van der Waals surface area contributed by atoms with Gasteiger partial charge in [0, 0.05) is 31.3 Å². The monoisotopic (exact) mass is 588 g/mol. The lowest BCUT2D eigenvalue weighted by Gasteiger charge is -2.30. The third kappa shape index (κ3) is 5.66. The number of ether oxygens (including phenoxy) is 2. The van der Waals surface area contributed by atoms with Crippen molar-refractivity contribution in [2.75, 3.05) is 13.2 Å². The topological polar surface area (TPSA) is 89.7 Å². The van der Waals surface area contributed by atoms with Crippen LogP contribution in [0.3, 0.4) is 0 Å². The largest absolute Gasteiger partial charge is 0.478 e. The second-order valence-electron chi connectivity index (χ2n) is 10.4. The van der Waals surface area contributed by atoms with Gasteiger partial charge in [0.25, 0.3) is 0 Å². The summed E-state index contributed by atoms with van der Waals surface area (Å²) in [6, 6.07) is 8.48. The molecule has 2 aromatic carbocycles. The fraction of sp³-hybridized carbons (Fsp3) is 0.345. The number of carbonyl (C=O) groups is 1. The summed E-state index contributed by atoms with van der Waals surface area (Å²) in [6.45, 7) is 1.57. The van der Waals surface area contributed by atoms with Crippen LogP contribution in [0.1, 0.15) is 45.0 Å². The number of rotatable bonds is 8. The molecule has 0 unspecified atom stereocenters. The van der Waals surface area contributed by atoms with Gasteiger partial charge in [-0.2, -0.15) is 13.2 Å². The van der Waals surface area contributed by atoms with Crippen LogP contribution in [0.4, 0.5) is 22.0 Å². The van der Waals surface area contributed by atoms with Gasteiger partial charge in [0.15, 0.2) is 0 Å². The highest BCUT2D eigenvalue weighted by Crippen LogP contribution is 2.38. The third-order valence-corrected chi connectivity index (χ3v) is 7.53.